The molecular weight excluding hydrogens is 173 g/mol. The summed E-state index contributed by atoms with van der Waals surface area (Å²) in [6.45, 7) is -0.184. The van der Waals surface area contributed by atoms with E-state index < -0.39 is 23.9 Å². The summed E-state index contributed by atoms with van der Waals surface area (Å²) in [5.41, 5.74) is 4.81. The molecule has 12 heavy (non-hydrogen) atoms. The van der Waals surface area contributed by atoms with E-state index in [1.807, 2.05) is 0 Å². The molecule has 0 aromatic heterocycles. The fourth-order valence-electron chi connectivity index (χ4n) is 1.32. The molecule has 1 fully saturated rings. The van der Waals surface area contributed by atoms with Crippen LogP contribution >= 0.6 is 0 Å². The molecule has 6 heteroatoms. The average Bonchev–Trinajstić information content (AvgIpc) is 2.30. The molecule has 70 valence electrons. The highest BCUT2D eigenvalue weighted by Crippen LogP contribution is 2.33. The summed E-state index contributed by atoms with van der Waals surface area (Å²) < 4.78 is 36.4. The van der Waals surface area contributed by atoms with Gasteiger partial charge in [-0.05, 0) is 0 Å². The van der Waals surface area contributed by atoms with Gasteiger partial charge in [0, 0.05) is 13.1 Å². The van der Waals surface area contributed by atoms with Crippen LogP contribution < -0.4 is 11.1 Å². The molecule has 0 spiro atoms. The van der Waals surface area contributed by atoms with Gasteiger partial charge in [-0.15, -0.1) is 0 Å². The van der Waals surface area contributed by atoms with Gasteiger partial charge in [-0.3, -0.25) is 4.79 Å². The number of rotatable bonds is 1. The third-order valence-corrected chi connectivity index (χ3v) is 2.00. The minimum absolute atomic E-state index is 0.0273. The highest BCUT2D eigenvalue weighted by Gasteiger charge is 2.49. The fraction of sp³-hybridized carbons (Fsp3) is 0.833. The molecule has 1 aliphatic heterocycles. The Hall–Kier alpha value is -0.780. The standard InChI is InChI=1S/C6H9F3N2O/c7-6(8,9)4-2-11-1-3(4)5(10)12/h3-4,11H,1-2H2,(H2,10,12)/t3-,4+/m0/s1. The van der Waals surface area contributed by atoms with Crippen molar-refractivity contribution in [3.05, 3.63) is 0 Å². The normalized spacial score (nSPS) is 30.6. The van der Waals surface area contributed by atoms with E-state index in [2.05, 4.69) is 5.32 Å². The van der Waals surface area contributed by atoms with Crippen molar-refractivity contribution < 1.29 is 18.0 Å². The molecule has 1 amide bonds. The molecule has 0 aromatic rings. The van der Waals surface area contributed by atoms with Gasteiger partial charge >= 0.3 is 6.18 Å². The zero-order valence-electron chi connectivity index (χ0n) is 6.19. The first-order chi connectivity index (χ1) is 5.43. The molecule has 2 atom stereocenters. The Morgan fingerprint density at radius 2 is 2.00 bits per heavy atom. The van der Waals surface area contributed by atoms with Crippen molar-refractivity contribution in [3.63, 3.8) is 0 Å². The molecule has 0 radical (unpaired) electrons. The summed E-state index contributed by atoms with van der Waals surface area (Å²) >= 11 is 0. The Morgan fingerprint density at radius 3 is 2.33 bits per heavy atom. The Balaban J connectivity index is 2.71. The van der Waals surface area contributed by atoms with Crippen molar-refractivity contribution in [3.8, 4) is 0 Å². The summed E-state index contributed by atoms with van der Waals surface area (Å²) in [4.78, 5) is 10.5. The molecule has 0 aromatic carbocycles. The maximum Gasteiger partial charge on any atom is 0.393 e. The second-order valence-corrected chi connectivity index (χ2v) is 2.82. The zero-order valence-corrected chi connectivity index (χ0v) is 6.19. The maximum absolute atomic E-state index is 12.1. The Labute approximate surface area is 67.1 Å². The highest BCUT2D eigenvalue weighted by molar-refractivity contribution is 5.77. The SMILES string of the molecule is NC(=O)[C@H]1CNC[C@H]1C(F)(F)F. The lowest BCUT2D eigenvalue weighted by atomic mass is 9.95. The van der Waals surface area contributed by atoms with Gasteiger partial charge in [-0.25, -0.2) is 0 Å². The van der Waals surface area contributed by atoms with Crippen LogP contribution in [0.15, 0.2) is 0 Å². The number of nitrogens with one attached hydrogen (secondary N) is 1. The van der Waals surface area contributed by atoms with Crippen molar-refractivity contribution >= 4 is 5.91 Å². The molecular formula is C6H9F3N2O. The quantitative estimate of drug-likeness (QED) is 0.593. The van der Waals surface area contributed by atoms with Crippen LogP contribution in [0.3, 0.4) is 0 Å². The Morgan fingerprint density at radius 1 is 1.42 bits per heavy atom. The topological polar surface area (TPSA) is 55.1 Å². The molecule has 1 aliphatic rings. The van der Waals surface area contributed by atoms with E-state index in [0.717, 1.165) is 0 Å². The number of hydrogen-bond donors (Lipinski definition) is 2. The van der Waals surface area contributed by atoms with Crippen LogP contribution in [0, 0.1) is 11.8 Å². The van der Waals surface area contributed by atoms with Gasteiger partial charge in [0.1, 0.15) is 0 Å². The third-order valence-electron chi connectivity index (χ3n) is 2.00. The van der Waals surface area contributed by atoms with Gasteiger partial charge in [0.25, 0.3) is 0 Å². The van der Waals surface area contributed by atoms with Crippen molar-refractivity contribution in [2.75, 3.05) is 13.1 Å². The number of carbonyl (C=O) groups excluding carboxylic acids is 1. The summed E-state index contributed by atoms with van der Waals surface area (Å²) in [5, 5.41) is 2.49. The van der Waals surface area contributed by atoms with Crippen LogP contribution in [0.25, 0.3) is 0 Å². The molecule has 1 heterocycles. The first-order valence-electron chi connectivity index (χ1n) is 3.49. The van der Waals surface area contributed by atoms with Crippen molar-refractivity contribution in [1.82, 2.24) is 5.32 Å². The lowest BCUT2D eigenvalue weighted by molar-refractivity contribution is -0.181. The highest BCUT2D eigenvalue weighted by atomic mass is 19.4. The molecule has 0 bridgehead atoms. The molecule has 1 rings (SSSR count). The van der Waals surface area contributed by atoms with Gasteiger partial charge < -0.3 is 11.1 Å². The number of nitrogens with two attached hydrogens (primary N) is 1. The van der Waals surface area contributed by atoms with Gasteiger partial charge in [0.2, 0.25) is 5.91 Å². The van der Waals surface area contributed by atoms with Crippen LogP contribution in [-0.2, 0) is 4.79 Å². The second-order valence-electron chi connectivity index (χ2n) is 2.82. The van der Waals surface area contributed by atoms with E-state index >= 15 is 0 Å². The number of hydrogen-bond acceptors (Lipinski definition) is 2. The third kappa shape index (κ3) is 1.69. The minimum atomic E-state index is -4.33. The van der Waals surface area contributed by atoms with Crippen molar-refractivity contribution in [2.24, 2.45) is 17.6 Å². The monoisotopic (exact) mass is 182 g/mol. The minimum Gasteiger partial charge on any atom is -0.369 e. The van der Waals surface area contributed by atoms with Crippen molar-refractivity contribution in [2.45, 2.75) is 6.18 Å². The smallest absolute Gasteiger partial charge is 0.369 e. The fourth-order valence-corrected chi connectivity index (χ4v) is 1.32. The van der Waals surface area contributed by atoms with Crippen LogP contribution in [-0.4, -0.2) is 25.2 Å². The van der Waals surface area contributed by atoms with Crippen molar-refractivity contribution in [1.29, 1.82) is 0 Å². The first kappa shape index (κ1) is 9.31. The van der Waals surface area contributed by atoms with Gasteiger partial charge in [-0.1, -0.05) is 0 Å². The van der Waals surface area contributed by atoms with E-state index in [-0.39, 0.29) is 13.1 Å². The largest absolute Gasteiger partial charge is 0.393 e. The number of amides is 1. The van der Waals surface area contributed by atoms with E-state index in [9.17, 15) is 18.0 Å². The average molecular weight is 182 g/mol. The number of alkyl halides is 3. The van der Waals surface area contributed by atoms with Gasteiger partial charge in [-0.2, -0.15) is 13.2 Å². The summed E-state index contributed by atoms with van der Waals surface area (Å²) in [7, 11) is 0. The van der Waals surface area contributed by atoms with Gasteiger partial charge in [0.15, 0.2) is 0 Å². The molecule has 3 N–H and O–H groups in total. The van der Waals surface area contributed by atoms with E-state index in [1.54, 1.807) is 0 Å². The van der Waals surface area contributed by atoms with Gasteiger partial charge in [0.05, 0.1) is 11.8 Å². The lowest BCUT2D eigenvalue weighted by Crippen LogP contribution is -2.37. The maximum atomic E-state index is 12.1. The predicted octanol–water partition coefficient (Wildman–Crippen LogP) is -0.130. The summed E-state index contributed by atoms with van der Waals surface area (Å²) in [6, 6.07) is 0. The molecule has 1 saturated heterocycles. The Bertz CT molecular complexity index is 192. The summed E-state index contributed by atoms with van der Waals surface area (Å²) in [6.07, 6.45) is -4.33. The number of carbonyl (C=O) groups is 1. The first-order valence-corrected chi connectivity index (χ1v) is 3.49. The lowest BCUT2D eigenvalue weighted by Gasteiger charge is -2.18. The van der Waals surface area contributed by atoms with E-state index in [4.69, 9.17) is 5.73 Å². The second kappa shape index (κ2) is 2.93. The molecule has 0 saturated carbocycles. The number of halogens is 3. The molecule has 0 unspecified atom stereocenters. The Kier molecular flexibility index (Phi) is 2.27. The molecule has 0 aliphatic carbocycles. The summed E-state index contributed by atoms with van der Waals surface area (Å²) in [5.74, 6) is -3.61. The number of primary amides is 1. The zero-order chi connectivity index (χ0) is 9.35. The predicted molar refractivity (Wildman–Crippen MR) is 35.1 cm³/mol. The van der Waals surface area contributed by atoms with Crippen LogP contribution in [0.1, 0.15) is 0 Å². The molecule has 3 nitrogen and oxygen atoms in total. The van der Waals surface area contributed by atoms with Crippen LogP contribution in [0.4, 0.5) is 13.2 Å². The van der Waals surface area contributed by atoms with E-state index in [1.165, 1.54) is 0 Å². The van der Waals surface area contributed by atoms with Crippen LogP contribution in [0.5, 0.6) is 0 Å². The van der Waals surface area contributed by atoms with Crippen LogP contribution in [0.2, 0.25) is 0 Å². The van der Waals surface area contributed by atoms with E-state index in [0.29, 0.717) is 0 Å².